The molecule has 0 spiro atoms. The molecule has 1 saturated carbocycles. The second-order valence-electron chi connectivity index (χ2n) is 5.27. The molecule has 0 heteroatoms. The summed E-state index contributed by atoms with van der Waals surface area (Å²) < 4.78 is 0. The summed E-state index contributed by atoms with van der Waals surface area (Å²) >= 11 is 0. The van der Waals surface area contributed by atoms with Crippen LogP contribution in [0.25, 0.3) is 0 Å². The van der Waals surface area contributed by atoms with E-state index in [2.05, 4.69) is 27.7 Å². The Morgan fingerprint density at radius 1 is 1.38 bits per heavy atom. The highest BCUT2D eigenvalue weighted by atomic mass is 14.5. The highest BCUT2D eigenvalue weighted by molar-refractivity contribution is 4.99. The molecular formula is C13H26. The second-order valence-corrected chi connectivity index (χ2v) is 5.27. The van der Waals surface area contributed by atoms with Crippen LogP contribution in [0.4, 0.5) is 0 Å². The van der Waals surface area contributed by atoms with E-state index in [4.69, 9.17) is 0 Å². The van der Waals surface area contributed by atoms with Gasteiger partial charge in [-0.2, -0.15) is 0 Å². The summed E-state index contributed by atoms with van der Waals surface area (Å²) in [7, 11) is 0. The van der Waals surface area contributed by atoms with Crippen LogP contribution in [0.3, 0.4) is 0 Å². The van der Waals surface area contributed by atoms with Gasteiger partial charge in [-0.3, -0.25) is 0 Å². The highest BCUT2D eigenvalue weighted by Crippen LogP contribution is 2.59. The minimum Gasteiger partial charge on any atom is -0.0654 e. The van der Waals surface area contributed by atoms with E-state index >= 15 is 0 Å². The molecule has 0 aromatic carbocycles. The van der Waals surface area contributed by atoms with Crippen LogP contribution in [0.2, 0.25) is 0 Å². The van der Waals surface area contributed by atoms with Crippen molar-refractivity contribution in [3.05, 3.63) is 0 Å². The van der Waals surface area contributed by atoms with Crippen molar-refractivity contribution in [3.63, 3.8) is 0 Å². The Morgan fingerprint density at radius 3 is 2.38 bits per heavy atom. The molecule has 0 amide bonds. The zero-order valence-corrected chi connectivity index (χ0v) is 9.90. The maximum Gasteiger partial charge on any atom is -0.0269 e. The Kier molecular flexibility index (Phi) is 3.82. The van der Waals surface area contributed by atoms with E-state index in [1.165, 1.54) is 38.5 Å². The van der Waals surface area contributed by atoms with Crippen LogP contribution in [0.15, 0.2) is 0 Å². The van der Waals surface area contributed by atoms with Crippen LogP contribution in [0.1, 0.15) is 66.2 Å². The van der Waals surface area contributed by atoms with Crippen molar-refractivity contribution in [2.24, 2.45) is 17.3 Å². The van der Waals surface area contributed by atoms with Crippen LogP contribution < -0.4 is 0 Å². The van der Waals surface area contributed by atoms with Gasteiger partial charge in [-0.15, -0.1) is 0 Å². The Bertz CT molecular complexity index is 146. The second kappa shape index (κ2) is 4.48. The lowest BCUT2D eigenvalue weighted by Crippen LogP contribution is -2.08. The zero-order chi connectivity index (χ0) is 9.90. The van der Waals surface area contributed by atoms with E-state index < -0.39 is 0 Å². The molecule has 1 aliphatic rings. The summed E-state index contributed by atoms with van der Waals surface area (Å²) in [5, 5.41) is 0. The van der Waals surface area contributed by atoms with E-state index in [-0.39, 0.29) is 0 Å². The van der Waals surface area contributed by atoms with Gasteiger partial charge in [-0.25, -0.2) is 0 Å². The molecule has 0 saturated heterocycles. The molecule has 1 aliphatic carbocycles. The van der Waals surface area contributed by atoms with Gasteiger partial charge in [-0.1, -0.05) is 53.4 Å². The fraction of sp³-hybridized carbons (Fsp3) is 1.00. The first kappa shape index (κ1) is 11.1. The fourth-order valence-electron chi connectivity index (χ4n) is 2.82. The summed E-state index contributed by atoms with van der Waals surface area (Å²) in [6, 6.07) is 0. The highest BCUT2D eigenvalue weighted by Gasteiger charge is 2.49. The average Bonchev–Trinajstić information content (AvgIpc) is 2.74. The van der Waals surface area contributed by atoms with Crippen LogP contribution in [-0.4, -0.2) is 0 Å². The monoisotopic (exact) mass is 182 g/mol. The van der Waals surface area contributed by atoms with Gasteiger partial charge in [-0.05, 0) is 30.1 Å². The fourth-order valence-corrected chi connectivity index (χ4v) is 2.82. The van der Waals surface area contributed by atoms with Gasteiger partial charge in [0, 0.05) is 0 Å². The zero-order valence-electron chi connectivity index (χ0n) is 9.90. The number of rotatable bonds is 6. The molecule has 0 aliphatic heterocycles. The summed E-state index contributed by atoms with van der Waals surface area (Å²) in [4.78, 5) is 0. The van der Waals surface area contributed by atoms with Gasteiger partial charge in [0.05, 0.1) is 0 Å². The molecule has 0 bridgehead atoms. The van der Waals surface area contributed by atoms with Gasteiger partial charge in [0.25, 0.3) is 0 Å². The van der Waals surface area contributed by atoms with E-state index in [9.17, 15) is 0 Å². The quantitative estimate of drug-likeness (QED) is 0.561. The van der Waals surface area contributed by atoms with E-state index in [0.29, 0.717) is 0 Å². The third-order valence-electron chi connectivity index (χ3n) is 4.11. The predicted molar refractivity (Wildman–Crippen MR) is 59.8 cm³/mol. The Labute approximate surface area is 84.1 Å². The standard InChI is InChI=1S/C13H26/c1-5-7-8-11(3)9-13(6-2)10-12(13)4/h11-12H,5-10H2,1-4H3. The van der Waals surface area contributed by atoms with Gasteiger partial charge >= 0.3 is 0 Å². The molecule has 0 aromatic rings. The molecule has 0 aromatic heterocycles. The largest absolute Gasteiger partial charge is 0.0654 e. The van der Waals surface area contributed by atoms with Crippen LogP contribution in [-0.2, 0) is 0 Å². The minimum absolute atomic E-state index is 0.771. The van der Waals surface area contributed by atoms with Crippen molar-refractivity contribution in [2.75, 3.05) is 0 Å². The molecule has 0 N–H and O–H groups in total. The van der Waals surface area contributed by atoms with E-state index in [0.717, 1.165) is 17.3 Å². The normalized spacial score (nSPS) is 34.6. The molecule has 78 valence electrons. The Hall–Kier alpha value is 0. The molecular weight excluding hydrogens is 156 g/mol. The third-order valence-corrected chi connectivity index (χ3v) is 4.11. The minimum atomic E-state index is 0.771. The molecule has 1 rings (SSSR count). The van der Waals surface area contributed by atoms with E-state index in [1.54, 1.807) is 0 Å². The number of hydrogen-bond acceptors (Lipinski definition) is 0. The SMILES string of the molecule is CCCCC(C)CC1(CC)CC1C. The van der Waals surface area contributed by atoms with Crippen molar-refractivity contribution < 1.29 is 0 Å². The van der Waals surface area contributed by atoms with Gasteiger partial charge < -0.3 is 0 Å². The third kappa shape index (κ3) is 2.72. The smallest absolute Gasteiger partial charge is 0.0269 e. The van der Waals surface area contributed by atoms with Crippen LogP contribution in [0.5, 0.6) is 0 Å². The molecule has 0 radical (unpaired) electrons. The molecule has 1 fully saturated rings. The van der Waals surface area contributed by atoms with Crippen molar-refractivity contribution in [2.45, 2.75) is 66.2 Å². The van der Waals surface area contributed by atoms with Crippen molar-refractivity contribution in [1.29, 1.82) is 0 Å². The predicted octanol–water partition coefficient (Wildman–Crippen LogP) is 4.64. The topological polar surface area (TPSA) is 0 Å². The molecule has 3 atom stereocenters. The lowest BCUT2D eigenvalue weighted by molar-refractivity contribution is 0.320. The van der Waals surface area contributed by atoms with Crippen LogP contribution >= 0.6 is 0 Å². The summed E-state index contributed by atoms with van der Waals surface area (Å²) in [6.45, 7) is 9.53. The first-order chi connectivity index (χ1) is 6.14. The summed E-state index contributed by atoms with van der Waals surface area (Å²) in [5.74, 6) is 1.98. The Balaban J connectivity index is 2.23. The van der Waals surface area contributed by atoms with Gasteiger partial charge in [0.15, 0.2) is 0 Å². The van der Waals surface area contributed by atoms with Crippen molar-refractivity contribution in [3.8, 4) is 0 Å². The first-order valence-corrected chi connectivity index (χ1v) is 6.14. The van der Waals surface area contributed by atoms with Crippen LogP contribution in [0, 0.1) is 17.3 Å². The van der Waals surface area contributed by atoms with Crippen molar-refractivity contribution >= 4 is 0 Å². The first-order valence-electron chi connectivity index (χ1n) is 6.14. The number of unbranched alkanes of at least 4 members (excludes halogenated alkanes) is 1. The summed E-state index contributed by atoms with van der Waals surface area (Å²) in [5.41, 5.74) is 0.771. The molecule has 0 nitrogen and oxygen atoms in total. The molecule has 3 unspecified atom stereocenters. The lowest BCUT2D eigenvalue weighted by atomic mass is 9.86. The van der Waals surface area contributed by atoms with Gasteiger partial charge in [0.1, 0.15) is 0 Å². The number of hydrogen-bond donors (Lipinski definition) is 0. The maximum atomic E-state index is 2.44. The molecule has 0 heterocycles. The van der Waals surface area contributed by atoms with Gasteiger partial charge in [0.2, 0.25) is 0 Å². The molecule has 13 heavy (non-hydrogen) atoms. The lowest BCUT2D eigenvalue weighted by Gasteiger charge is -2.19. The Morgan fingerprint density at radius 2 is 2.00 bits per heavy atom. The van der Waals surface area contributed by atoms with E-state index in [1.807, 2.05) is 0 Å². The van der Waals surface area contributed by atoms with Crippen molar-refractivity contribution in [1.82, 2.24) is 0 Å². The average molecular weight is 182 g/mol. The summed E-state index contributed by atoms with van der Waals surface area (Å²) in [6.07, 6.45) is 8.63. The maximum absolute atomic E-state index is 2.44.